The molecule has 5 nitrogen and oxygen atoms in total. The maximum Gasteiger partial charge on any atom is 0.255 e. The summed E-state index contributed by atoms with van der Waals surface area (Å²) in [4.78, 5) is 30.5. The van der Waals surface area contributed by atoms with Gasteiger partial charge in [0.05, 0.1) is 0 Å². The number of hydrogen-bond donors (Lipinski definition) is 2. The number of benzene rings is 2. The molecule has 0 aliphatic heterocycles. The topological polar surface area (TPSA) is 74.8 Å². The average Bonchev–Trinajstić information content (AvgIpc) is 3.11. The van der Waals surface area contributed by atoms with Crippen LogP contribution in [0, 0.1) is 6.92 Å². The Kier molecular flexibility index (Phi) is 4.01. The van der Waals surface area contributed by atoms with Crippen LogP contribution in [0.3, 0.4) is 0 Å². The molecule has 0 atom stereocenters. The van der Waals surface area contributed by atoms with Gasteiger partial charge in [-0.15, -0.1) is 0 Å². The molecule has 0 fully saturated rings. The molecule has 23 heavy (non-hydrogen) atoms. The van der Waals surface area contributed by atoms with E-state index in [-0.39, 0.29) is 5.91 Å². The van der Waals surface area contributed by atoms with E-state index in [1.54, 1.807) is 49.6 Å². The SMILES string of the molecule is Cc1c(C=O)cccc1NC(=O)c1ccc(-c2ncc[nH]2)cc1. The van der Waals surface area contributed by atoms with Gasteiger partial charge >= 0.3 is 0 Å². The second-order valence-electron chi connectivity index (χ2n) is 5.11. The fraction of sp³-hybridized carbons (Fsp3) is 0.0556. The number of aldehydes is 1. The highest BCUT2D eigenvalue weighted by Gasteiger charge is 2.10. The molecule has 0 saturated carbocycles. The number of nitrogens with one attached hydrogen (secondary N) is 2. The first-order valence-corrected chi connectivity index (χ1v) is 7.15. The molecule has 0 spiro atoms. The normalized spacial score (nSPS) is 10.3. The molecular formula is C18H15N3O2. The first-order chi connectivity index (χ1) is 11.2. The number of anilines is 1. The van der Waals surface area contributed by atoms with Crippen LogP contribution in [0.4, 0.5) is 5.69 Å². The van der Waals surface area contributed by atoms with Crippen LogP contribution in [-0.4, -0.2) is 22.2 Å². The van der Waals surface area contributed by atoms with Crippen molar-refractivity contribution in [1.29, 1.82) is 0 Å². The van der Waals surface area contributed by atoms with Crippen molar-refractivity contribution < 1.29 is 9.59 Å². The minimum atomic E-state index is -0.220. The molecule has 1 heterocycles. The summed E-state index contributed by atoms with van der Waals surface area (Å²) < 4.78 is 0. The number of aromatic amines is 1. The van der Waals surface area contributed by atoms with Crippen LogP contribution in [0.15, 0.2) is 54.9 Å². The Morgan fingerprint density at radius 2 is 1.96 bits per heavy atom. The van der Waals surface area contributed by atoms with Gasteiger partial charge in [0.1, 0.15) is 12.1 Å². The van der Waals surface area contributed by atoms with Gasteiger partial charge in [-0.3, -0.25) is 9.59 Å². The van der Waals surface area contributed by atoms with Gasteiger partial charge < -0.3 is 10.3 Å². The van der Waals surface area contributed by atoms with Gasteiger partial charge in [-0.25, -0.2) is 4.98 Å². The van der Waals surface area contributed by atoms with E-state index in [1.807, 2.05) is 12.1 Å². The van der Waals surface area contributed by atoms with Crippen LogP contribution >= 0.6 is 0 Å². The summed E-state index contributed by atoms with van der Waals surface area (Å²) in [5.74, 6) is 0.536. The third-order valence-corrected chi connectivity index (χ3v) is 3.67. The zero-order chi connectivity index (χ0) is 16.2. The quantitative estimate of drug-likeness (QED) is 0.725. The predicted octanol–water partition coefficient (Wildman–Crippen LogP) is 3.45. The van der Waals surface area contributed by atoms with Crippen molar-refractivity contribution in [2.45, 2.75) is 6.92 Å². The van der Waals surface area contributed by atoms with Gasteiger partial charge in [-0.1, -0.05) is 24.3 Å². The monoisotopic (exact) mass is 305 g/mol. The van der Waals surface area contributed by atoms with Gasteiger partial charge in [0, 0.05) is 34.8 Å². The third kappa shape index (κ3) is 3.03. The summed E-state index contributed by atoms with van der Waals surface area (Å²) in [7, 11) is 0. The molecule has 0 radical (unpaired) electrons. The molecule has 5 heteroatoms. The Morgan fingerprint density at radius 1 is 1.17 bits per heavy atom. The van der Waals surface area contributed by atoms with Gasteiger partial charge in [0.2, 0.25) is 0 Å². The average molecular weight is 305 g/mol. The molecule has 3 rings (SSSR count). The fourth-order valence-corrected chi connectivity index (χ4v) is 2.31. The lowest BCUT2D eigenvalue weighted by Gasteiger charge is -2.10. The molecule has 0 bridgehead atoms. The molecule has 0 aliphatic rings. The van der Waals surface area contributed by atoms with Crippen LogP contribution < -0.4 is 5.32 Å². The Bertz CT molecular complexity index is 837. The number of nitrogens with zero attached hydrogens (tertiary/aromatic N) is 1. The highest BCUT2D eigenvalue weighted by molar-refractivity contribution is 6.05. The summed E-state index contributed by atoms with van der Waals surface area (Å²) >= 11 is 0. The van der Waals surface area contributed by atoms with Crippen molar-refractivity contribution in [3.05, 3.63) is 71.5 Å². The van der Waals surface area contributed by atoms with Gasteiger partial charge in [-0.2, -0.15) is 0 Å². The second-order valence-corrected chi connectivity index (χ2v) is 5.11. The fourth-order valence-electron chi connectivity index (χ4n) is 2.31. The summed E-state index contributed by atoms with van der Waals surface area (Å²) in [5.41, 5.74) is 3.40. The van der Waals surface area contributed by atoms with Gasteiger partial charge in [-0.05, 0) is 30.7 Å². The van der Waals surface area contributed by atoms with Crippen LogP contribution in [0.1, 0.15) is 26.3 Å². The van der Waals surface area contributed by atoms with Crippen molar-refractivity contribution in [3.63, 3.8) is 0 Å². The zero-order valence-corrected chi connectivity index (χ0v) is 12.5. The van der Waals surface area contributed by atoms with E-state index in [2.05, 4.69) is 15.3 Å². The van der Waals surface area contributed by atoms with E-state index in [0.29, 0.717) is 16.8 Å². The summed E-state index contributed by atoms with van der Waals surface area (Å²) in [6, 6.07) is 12.4. The Labute approximate surface area is 133 Å². The number of carbonyl (C=O) groups is 2. The molecule has 1 aromatic heterocycles. The Balaban J connectivity index is 1.80. The lowest BCUT2D eigenvalue weighted by Crippen LogP contribution is -2.13. The first kappa shape index (κ1) is 14.7. The van der Waals surface area contributed by atoms with Crippen molar-refractivity contribution in [1.82, 2.24) is 9.97 Å². The third-order valence-electron chi connectivity index (χ3n) is 3.67. The molecule has 0 saturated heterocycles. The molecule has 0 unspecified atom stereocenters. The maximum atomic E-state index is 12.3. The van der Waals surface area contributed by atoms with E-state index in [1.165, 1.54) is 0 Å². The number of H-pyrrole nitrogens is 1. The van der Waals surface area contributed by atoms with E-state index >= 15 is 0 Å². The van der Waals surface area contributed by atoms with Crippen molar-refractivity contribution in [2.24, 2.45) is 0 Å². The summed E-state index contributed by atoms with van der Waals surface area (Å²) in [5, 5.41) is 2.83. The number of carbonyl (C=O) groups excluding carboxylic acids is 2. The lowest BCUT2D eigenvalue weighted by molar-refractivity contribution is 0.102. The molecule has 2 N–H and O–H groups in total. The predicted molar refractivity (Wildman–Crippen MR) is 88.5 cm³/mol. The van der Waals surface area contributed by atoms with Crippen molar-refractivity contribution in [3.8, 4) is 11.4 Å². The van der Waals surface area contributed by atoms with Crippen molar-refractivity contribution >= 4 is 17.9 Å². The number of hydrogen-bond acceptors (Lipinski definition) is 3. The van der Waals surface area contributed by atoms with Crippen LogP contribution in [0.25, 0.3) is 11.4 Å². The molecule has 2 aromatic carbocycles. The number of amides is 1. The Morgan fingerprint density at radius 3 is 2.61 bits per heavy atom. The van der Waals surface area contributed by atoms with Gasteiger partial charge in [0.15, 0.2) is 0 Å². The highest BCUT2D eigenvalue weighted by Crippen LogP contribution is 2.20. The smallest absolute Gasteiger partial charge is 0.255 e. The number of imidazole rings is 1. The summed E-state index contributed by atoms with van der Waals surface area (Å²) in [6.07, 6.45) is 4.21. The second kappa shape index (κ2) is 6.27. The molecule has 0 aliphatic carbocycles. The molecule has 1 amide bonds. The van der Waals surface area contributed by atoms with E-state index in [9.17, 15) is 9.59 Å². The maximum absolute atomic E-state index is 12.3. The van der Waals surface area contributed by atoms with E-state index in [4.69, 9.17) is 0 Å². The van der Waals surface area contributed by atoms with Crippen molar-refractivity contribution in [2.75, 3.05) is 5.32 Å². The number of aromatic nitrogens is 2. The zero-order valence-electron chi connectivity index (χ0n) is 12.5. The minimum Gasteiger partial charge on any atom is -0.345 e. The first-order valence-electron chi connectivity index (χ1n) is 7.15. The van der Waals surface area contributed by atoms with Crippen LogP contribution in [0.2, 0.25) is 0 Å². The number of rotatable bonds is 4. The standard InChI is InChI=1S/C18H15N3O2/c1-12-15(11-22)3-2-4-16(12)21-18(23)14-7-5-13(6-8-14)17-19-9-10-20-17/h2-11H,1H3,(H,19,20)(H,21,23). The Hall–Kier alpha value is -3.21. The minimum absolute atomic E-state index is 0.220. The lowest BCUT2D eigenvalue weighted by atomic mass is 10.1. The van der Waals surface area contributed by atoms with Crippen LogP contribution in [0.5, 0.6) is 0 Å². The molecule has 3 aromatic rings. The molecular weight excluding hydrogens is 290 g/mol. The highest BCUT2D eigenvalue weighted by atomic mass is 16.1. The van der Waals surface area contributed by atoms with Crippen LogP contribution in [-0.2, 0) is 0 Å². The molecule has 114 valence electrons. The summed E-state index contributed by atoms with van der Waals surface area (Å²) in [6.45, 7) is 1.80. The van der Waals surface area contributed by atoms with Gasteiger partial charge in [0.25, 0.3) is 5.91 Å². The van der Waals surface area contributed by atoms with E-state index in [0.717, 1.165) is 23.2 Å². The largest absolute Gasteiger partial charge is 0.345 e. The van der Waals surface area contributed by atoms with E-state index < -0.39 is 0 Å².